The number of rotatable bonds is 6. The first-order valence-corrected chi connectivity index (χ1v) is 8.46. The molecule has 0 saturated heterocycles. The summed E-state index contributed by atoms with van der Waals surface area (Å²) in [7, 11) is -3.72. The number of hydrogen-bond donors (Lipinski definition) is 1. The Bertz CT molecular complexity index is 768. The van der Waals surface area contributed by atoms with Gasteiger partial charge in [-0.15, -0.1) is 0 Å². The minimum absolute atomic E-state index is 0.00326. The first-order valence-electron chi connectivity index (χ1n) is 6.22. The number of nitrogens with one attached hydrogen (secondary N) is 1. The van der Waals surface area contributed by atoms with E-state index in [1.165, 1.54) is 24.3 Å². The van der Waals surface area contributed by atoms with Gasteiger partial charge >= 0.3 is 0 Å². The zero-order valence-corrected chi connectivity index (χ0v) is 13.6. The van der Waals surface area contributed by atoms with Crippen LogP contribution in [-0.4, -0.2) is 21.6 Å². The lowest BCUT2D eigenvalue weighted by atomic mass is 10.3. The predicted octanol–water partition coefficient (Wildman–Crippen LogP) is 3.49. The maximum atomic E-state index is 12.9. The van der Waals surface area contributed by atoms with E-state index in [4.69, 9.17) is 27.9 Å². The van der Waals surface area contributed by atoms with Crippen LogP contribution in [0.25, 0.3) is 0 Å². The van der Waals surface area contributed by atoms with E-state index in [1.54, 1.807) is 12.1 Å². The van der Waals surface area contributed by atoms with Gasteiger partial charge in [0.2, 0.25) is 10.0 Å². The summed E-state index contributed by atoms with van der Waals surface area (Å²) >= 11 is 11.6. The van der Waals surface area contributed by atoms with Gasteiger partial charge in [-0.1, -0.05) is 35.3 Å². The molecule has 0 amide bonds. The molecule has 0 spiro atoms. The van der Waals surface area contributed by atoms with Crippen LogP contribution < -0.4 is 9.46 Å². The summed E-state index contributed by atoms with van der Waals surface area (Å²) in [5.41, 5.74) is 0. The fraction of sp³-hybridized carbons (Fsp3) is 0.143. The molecule has 1 N–H and O–H groups in total. The van der Waals surface area contributed by atoms with E-state index in [1.807, 2.05) is 0 Å². The van der Waals surface area contributed by atoms with Gasteiger partial charge in [-0.05, 0) is 30.3 Å². The van der Waals surface area contributed by atoms with Crippen LogP contribution in [0.4, 0.5) is 4.39 Å². The summed E-state index contributed by atoms with van der Waals surface area (Å²) in [6.07, 6.45) is 0. The molecule has 2 aromatic rings. The van der Waals surface area contributed by atoms with Crippen molar-refractivity contribution in [2.24, 2.45) is 0 Å². The largest absolute Gasteiger partial charge is 0.491 e. The van der Waals surface area contributed by atoms with Crippen molar-refractivity contribution in [3.63, 3.8) is 0 Å². The molecule has 0 saturated carbocycles. The summed E-state index contributed by atoms with van der Waals surface area (Å²) in [6.45, 7) is 0.0519. The molecule has 4 nitrogen and oxygen atoms in total. The van der Waals surface area contributed by atoms with Crippen LogP contribution in [0.3, 0.4) is 0 Å². The van der Waals surface area contributed by atoms with Crippen molar-refractivity contribution in [2.45, 2.75) is 4.90 Å². The van der Waals surface area contributed by atoms with E-state index < -0.39 is 15.8 Å². The topological polar surface area (TPSA) is 55.4 Å². The second-order valence-electron chi connectivity index (χ2n) is 4.25. The number of hydrogen-bond acceptors (Lipinski definition) is 3. The average molecular weight is 364 g/mol. The van der Waals surface area contributed by atoms with E-state index in [0.717, 1.165) is 6.07 Å². The van der Waals surface area contributed by atoms with E-state index in [9.17, 15) is 12.8 Å². The van der Waals surface area contributed by atoms with Gasteiger partial charge in [0.15, 0.2) is 0 Å². The molecule has 0 radical (unpaired) electrons. The molecular weight excluding hydrogens is 352 g/mol. The van der Waals surface area contributed by atoms with Crippen molar-refractivity contribution >= 4 is 33.2 Å². The highest BCUT2D eigenvalue weighted by molar-refractivity contribution is 7.89. The maximum Gasteiger partial charge on any atom is 0.242 e. The lowest BCUT2D eigenvalue weighted by Gasteiger charge is -2.10. The third-order valence-electron chi connectivity index (χ3n) is 2.67. The van der Waals surface area contributed by atoms with Crippen molar-refractivity contribution < 1.29 is 17.5 Å². The van der Waals surface area contributed by atoms with Gasteiger partial charge in [-0.25, -0.2) is 17.5 Å². The molecule has 0 aliphatic carbocycles. The number of sulfonamides is 1. The fourth-order valence-electron chi connectivity index (χ4n) is 1.67. The smallest absolute Gasteiger partial charge is 0.242 e. The van der Waals surface area contributed by atoms with Gasteiger partial charge in [-0.3, -0.25) is 0 Å². The van der Waals surface area contributed by atoms with Gasteiger partial charge in [0.05, 0.1) is 10.0 Å². The van der Waals surface area contributed by atoms with E-state index in [-0.39, 0.29) is 33.8 Å². The zero-order valence-electron chi connectivity index (χ0n) is 11.2. The van der Waals surface area contributed by atoms with Crippen LogP contribution in [0.2, 0.25) is 10.0 Å². The lowest BCUT2D eigenvalue weighted by Crippen LogP contribution is -2.28. The van der Waals surface area contributed by atoms with Crippen LogP contribution in [0.1, 0.15) is 0 Å². The van der Waals surface area contributed by atoms with Gasteiger partial charge in [0.1, 0.15) is 23.1 Å². The molecule has 0 aliphatic rings. The normalized spacial score (nSPS) is 11.4. The molecule has 0 fully saturated rings. The lowest BCUT2D eigenvalue weighted by molar-refractivity contribution is 0.322. The highest BCUT2D eigenvalue weighted by Crippen LogP contribution is 2.24. The molecular formula is C14H12Cl2FNO3S. The van der Waals surface area contributed by atoms with Crippen LogP contribution >= 0.6 is 23.2 Å². The molecule has 0 atom stereocenters. The molecule has 0 unspecified atom stereocenters. The summed E-state index contributed by atoms with van der Waals surface area (Å²) in [5.74, 6) is -0.197. The van der Waals surface area contributed by atoms with Crippen LogP contribution in [0.15, 0.2) is 47.4 Å². The Balaban J connectivity index is 1.92. The van der Waals surface area contributed by atoms with Crippen LogP contribution in [0, 0.1) is 5.82 Å². The number of ether oxygens (including phenoxy) is 1. The minimum atomic E-state index is -3.72. The van der Waals surface area contributed by atoms with Gasteiger partial charge < -0.3 is 4.74 Å². The number of benzene rings is 2. The Labute approximate surface area is 137 Å². The summed E-state index contributed by atoms with van der Waals surface area (Å²) in [4.78, 5) is -0.00326. The third kappa shape index (κ3) is 4.33. The van der Waals surface area contributed by atoms with Gasteiger partial charge in [0, 0.05) is 6.54 Å². The second kappa shape index (κ2) is 7.28. The van der Waals surface area contributed by atoms with E-state index in [0.29, 0.717) is 0 Å². The highest BCUT2D eigenvalue weighted by atomic mass is 35.5. The number of halogens is 3. The summed E-state index contributed by atoms with van der Waals surface area (Å²) in [6, 6.07) is 9.81. The zero-order chi connectivity index (χ0) is 16.2. The average Bonchev–Trinajstić information content (AvgIpc) is 2.45. The monoisotopic (exact) mass is 363 g/mol. The predicted molar refractivity (Wildman–Crippen MR) is 83.5 cm³/mol. The van der Waals surface area contributed by atoms with Crippen molar-refractivity contribution in [3.8, 4) is 5.75 Å². The first-order chi connectivity index (χ1) is 10.4. The Morgan fingerprint density at radius 2 is 1.82 bits per heavy atom. The molecule has 0 aromatic heterocycles. The van der Waals surface area contributed by atoms with E-state index >= 15 is 0 Å². The third-order valence-corrected chi connectivity index (χ3v) is 4.93. The molecule has 0 bridgehead atoms. The molecule has 0 aliphatic heterocycles. The molecule has 2 aromatic carbocycles. The van der Waals surface area contributed by atoms with Crippen LogP contribution in [0.5, 0.6) is 5.75 Å². The molecule has 0 heterocycles. The first kappa shape index (κ1) is 17.0. The SMILES string of the molecule is O=S(=O)(NCCOc1ccc(F)cc1Cl)c1ccccc1Cl. The standard InChI is InChI=1S/C14H12Cl2FNO3S/c15-11-3-1-2-4-14(11)22(19,20)18-7-8-21-13-6-5-10(17)9-12(13)16/h1-6,9,18H,7-8H2. The Kier molecular flexibility index (Phi) is 5.63. The Morgan fingerprint density at radius 1 is 1.09 bits per heavy atom. The van der Waals surface area contributed by atoms with Crippen molar-refractivity contribution in [1.82, 2.24) is 4.72 Å². The Morgan fingerprint density at radius 3 is 2.50 bits per heavy atom. The summed E-state index contributed by atoms with van der Waals surface area (Å²) < 4.78 is 44.6. The van der Waals surface area contributed by atoms with Crippen LogP contribution in [-0.2, 0) is 10.0 Å². The van der Waals surface area contributed by atoms with Crippen molar-refractivity contribution in [1.29, 1.82) is 0 Å². The fourth-order valence-corrected chi connectivity index (χ4v) is 3.42. The molecule has 22 heavy (non-hydrogen) atoms. The second-order valence-corrected chi connectivity index (χ2v) is 6.80. The maximum absolute atomic E-state index is 12.9. The quantitative estimate of drug-likeness (QED) is 0.799. The minimum Gasteiger partial charge on any atom is -0.491 e. The van der Waals surface area contributed by atoms with Gasteiger partial charge in [-0.2, -0.15) is 0 Å². The van der Waals surface area contributed by atoms with Crippen molar-refractivity contribution in [2.75, 3.05) is 13.2 Å². The van der Waals surface area contributed by atoms with Crippen molar-refractivity contribution in [3.05, 3.63) is 58.3 Å². The highest BCUT2D eigenvalue weighted by Gasteiger charge is 2.16. The van der Waals surface area contributed by atoms with Gasteiger partial charge in [0.25, 0.3) is 0 Å². The molecule has 2 rings (SSSR count). The summed E-state index contributed by atoms with van der Waals surface area (Å²) in [5, 5.41) is 0.256. The van der Waals surface area contributed by atoms with E-state index in [2.05, 4.69) is 4.72 Å². The molecule has 8 heteroatoms. The molecule has 118 valence electrons. The Hall–Kier alpha value is -1.34.